The third-order valence-electron chi connectivity index (χ3n) is 4.73. The van der Waals surface area contributed by atoms with Gasteiger partial charge in [0.15, 0.2) is 9.84 Å². The number of sulfonamides is 1. The number of hydrogen-bond acceptors (Lipinski definition) is 5. The lowest BCUT2D eigenvalue weighted by atomic mass is 10.0. The van der Waals surface area contributed by atoms with E-state index in [2.05, 4.69) is 0 Å². The Hall–Kier alpha value is -1.35. The van der Waals surface area contributed by atoms with E-state index < -0.39 is 25.9 Å². The van der Waals surface area contributed by atoms with Gasteiger partial charge in [0.1, 0.15) is 16.4 Å². The first-order valence-electron chi connectivity index (χ1n) is 8.74. The molecule has 2 heterocycles. The first-order chi connectivity index (χ1) is 12.6. The first-order valence-corrected chi connectivity index (χ1v) is 12.5. The van der Waals surface area contributed by atoms with Crippen LogP contribution in [0.5, 0.6) is 0 Å². The van der Waals surface area contributed by atoms with Crippen LogP contribution in [0.2, 0.25) is 5.02 Å². The molecule has 148 valence electrons. The average Bonchev–Trinajstić information content (AvgIpc) is 3.10. The van der Waals surface area contributed by atoms with Crippen molar-refractivity contribution in [2.24, 2.45) is 0 Å². The molecular weight excluding hydrogens is 410 g/mol. The molecule has 2 aromatic rings. The first kappa shape index (κ1) is 20.4. The van der Waals surface area contributed by atoms with Crippen molar-refractivity contribution < 1.29 is 21.3 Å². The predicted molar refractivity (Wildman–Crippen MR) is 103 cm³/mol. The number of rotatable bonds is 5. The highest BCUT2D eigenvalue weighted by molar-refractivity contribution is 7.91. The van der Waals surface area contributed by atoms with Gasteiger partial charge in [0, 0.05) is 19.2 Å². The van der Waals surface area contributed by atoms with Gasteiger partial charge in [-0.2, -0.15) is 4.31 Å². The minimum Gasteiger partial charge on any atom is -0.464 e. The fourth-order valence-electron chi connectivity index (χ4n) is 3.28. The van der Waals surface area contributed by atoms with E-state index in [1.165, 1.54) is 16.4 Å². The van der Waals surface area contributed by atoms with Crippen LogP contribution in [-0.2, 0) is 26.3 Å². The van der Waals surface area contributed by atoms with Gasteiger partial charge in [-0.3, -0.25) is 0 Å². The van der Waals surface area contributed by atoms with Crippen molar-refractivity contribution >= 4 is 31.5 Å². The number of sulfone groups is 1. The highest BCUT2D eigenvalue weighted by Crippen LogP contribution is 2.38. The molecule has 9 heteroatoms. The molecule has 1 aromatic carbocycles. The molecular formula is C18H22ClNO5S2. The molecule has 3 rings (SSSR count). The molecule has 1 atom stereocenters. The number of halogens is 1. The molecule has 0 amide bonds. The van der Waals surface area contributed by atoms with E-state index in [9.17, 15) is 16.8 Å². The van der Waals surface area contributed by atoms with Crippen LogP contribution in [0.15, 0.2) is 44.5 Å². The van der Waals surface area contributed by atoms with Crippen molar-refractivity contribution in [2.45, 2.75) is 48.4 Å². The largest absolute Gasteiger partial charge is 0.464 e. The van der Waals surface area contributed by atoms with Gasteiger partial charge in [-0.15, -0.1) is 0 Å². The summed E-state index contributed by atoms with van der Waals surface area (Å²) in [4.78, 5) is -0.272. The molecule has 0 saturated carbocycles. The summed E-state index contributed by atoms with van der Waals surface area (Å²) in [6, 6.07) is 6.99. The van der Waals surface area contributed by atoms with Crippen LogP contribution in [0.3, 0.4) is 0 Å². The molecule has 1 aliphatic heterocycles. The Morgan fingerprint density at radius 1 is 1.15 bits per heavy atom. The molecule has 0 N–H and O–H groups in total. The zero-order valence-corrected chi connectivity index (χ0v) is 17.6. The van der Waals surface area contributed by atoms with Gasteiger partial charge in [0.05, 0.1) is 16.0 Å². The second-order valence-corrected chi connectivity index (χ2v) is 10.9. The van der Waals surface area contributed by atoms with Crippen molar-refractivity contribution in [3.8, 4) is 0 Å². The quantitative estimate of drug-likeness (QED) is 0.718. The number of aryl methyl sites for hydroxylation is 1. The van der Waals surface area contributed by atoms with Gasteiger partial charge in [-0.25, -0.2) is 16.8 Å². The van der Waals surface area contributed by atoms with E-state index in [0.717, 1.165) is 37.3 Å². The van der Waals surface area contributed by atoms with E-state index >= 15 is 0 Å². The Morgan fingerprint density at radius 2 is 1.89 bits per heavy atom. The van der Waals surface area contributed by atoms with Crippen LogP contribution >= 0.6 is 11.6 Å². The maximum atomic E-state index is 13.4. The van der Waals surface area contributed by atoms with Crippen molar-refractivity contribution in [2.75, 3.05) is 12.8 Å². The Morgan fingerprint density at radius 3 is 2.52 bits per heavy atom. The van der Waals surface area contributed by atoms with Gasteiger partial charge in [0.25, 0.3) is 0 Å². The van der Waals surface area contributed by atoms with Gasteiger partial charge >= 0.3 is 0 Å². The molecule has 1 aromatic heterocycles. The third-order valence-corrected chi connectivity index (χ3v) is 8.23. The van der Waals surface area contributed by atoms with Gasteiger partial charge < -0.3 is 4.42 Å². The lowest BCUT2D eigenvalue weighted by Gasteiger charge is -2.33. The summed E-state index contributed by atoms with van der Waals surface area (Å²) >= 11 is 6.15. The molecule has 6 nitrogen and oxygen atoms in total. The lowest BCUT2D eigenvalue weighted by molar-refractivity contribution is 0.223. The normalized spacial score (nSPS) is 19.3. The van der Waals surface area contributed by atoms with E-state index in [4.69, 9.17) is 16.0 Å². The maximum Gasteiger partial charge on any atom is 0.245 e. The summed E-state index contributed by atoms with van der Waals surface area (Å²) in [5.41, 5.74) is 0. The molecule has 27 heavy (non-hydrogen) atoms. The fraction of sp³-hybridized carbons (Fsp3) is 0.444. The van der Waals surface area contributed by atoms with E-state index in [1.807, 2.05) is 19.1 Å². The molecule has 0 aliphatic carbocycles. The highest BCUT2D eigenvalue weighted by atomic mass is 35.5. The Kier molecular flexibility index (Phi) is 5.72. The van der Waals surface area contributed by atoms with Gasteiger partial charge in [-0.05, 0) is 43.2 Å². The molecule has 0 bridgehead atoms. The van der Waals surface area contributed by atoms with Crippen molar-refractivity contribution in [1.29, 1.82) is 0 Å². The van der Waals surface area contributed by atoms with Crippen molar-refractivity contribution in [1.82, 2.24) is 4.31 Å². The summed E-state index contributed by atoms with van der Waals surface area (Å²) in [7, 11) is -7.55. The molecule has 1 unspecified atom stereocenters. The Balaban J connectivity index is 2.06. The number of piperidine rings is 1. The molecule has 1 saturated heterocycles. The maximum absolute atomic E-state index is 13.4. The number of benzene rings is 1. The molecule has 1 fully saturated rings. The fourth-order valence-corrected chi connectivity index (χ4v) is 6.17. The number of hydrogen-bond donors (Lipinski definition) is 0. The van der Waals surface area contributed by atoms with E-state index in [1.54, 1.807) is 0 Å². The van der Waals surface area contributed by atoms with Crippen LogP contribution in [0, 0.1) is 0 Å². The van der Waals surface area contributed by atoms with Crippen LogP contribution in [0.4, 0.5) is 0 Å². The van der Waals surface area contributed by atoms with E-state index in [0.29, 0.717) is 18.7 Å². The predicted octanol–water partition coefficient (Wildman–Crippen LogP) is 3.81. The second-order valence-electron chi connectivity index (χ2n) is 6.65. The summed E-state index contributed by atoms with van der Waals surface area (Å²) < 4.78 is 57.6. The van der Waals surface area contributed by atoms with Crippen molar-refractivity contribution in [3.05, 3.63) is 46.9 Å². The SMILES string of the molecule is CCc1ccc(C2CCCCN2S(=O)(=O)c2cc(S(C)(=O)=O)ccc2Cl)o1. The molecule has 1 aliphatic rings. The topological polar surface area (TPSA) is 84.7 Å². The smallest absolute Gasteiger partial charge is 0.245 e. The minimum absolute atomic E-state index is 0.000385. The molecule has 0 spiro atoms. The van der Waals surface area contributed by atoms with E-state index in [-0.39, 0.29) is 14.8 Å². The summed E-state index contributed by atoms with van der Waals surface area (Å²) in [5, 5.41) is 0.000385. The standard InChI is InChI=1S/C18H22ClNO5S2/c1-3-13-7-10-17(25-13)16-6-4-5-11-20(16)27(23,24)18-12-14(26(2,21)22)8-9-15(18)19/h7-10,12,16H,3-6,11H2,1-2H3. The number of nitrogens with zero attached hydrogens (tertiary/aromatic N) is 1. The summed E-state index contributed by atoms with van der Waals surface area (Å²) in [5.74, 6) is 1.40. The van der Waals surface area contributed by atoms with Crippen LogP contribution in [0.25, 0.3) is 0 Å². The Labute approximate surface area is 165 Å². The van der Waals surface area contributed by atoms with Gasteiger partial charge in [0.2, 0.25) is 10.0 Å². The number of furan rings is 1. The Bertz CT molecular complexity index is 1040. The molecule has 0 radical (unpaired) electrons. The average molecular weight is 432 g/mol. The lowest BCUT2D eigenvalue weighted by Crippen LogP contribution is -2.38. The zero-order valence-electron chi connectivity index (χ0n) is 15.2. The second kappa shape index (κ2) is 7.58. The summed E-state index contributed by atoms with van der Waals surface area (Å²) in [6.07, 6.45) is 4.00. The summed E-state index contributed by atoms with van der Waals surface area (Å²) in [6.45, 7) is 2.29. The zero-order chi connectivity index (χ0) is 19.8. The third kappa shape index (κ3) is 4.08. The monoisotopic (exact) mass is 431 g/mol. The van der Waals surface area contributed by atoms with Gasteiger partial charge in [-0.1, -0.05) is 24.9 Å². The van der Waals surface area contributed by atoms with Crippen LogP contribution in [-0.4, -0.2) is 33.9 Å². The van der Waals surface area contributed by atoms with Crippen molar-refractivity contribution in [3.63, 3.8) is 0 Å². The highest BCUT2D eigenvalue weighted by Gasteiger charge is 2.37. The van der Waals surface area contributed by atoms with Crippen LogP contribution in [0.1, 0.15) is 43.7 Å². The minimum atomic E-state index is -3.99. The van der Waals surface area contributed by atoms with Crippen LogP contribution < -0.4 is 0 Å².